The average molecular weight is 208 g/mol. The molecule has 0 aliphatic heterocycles. The van der Waals surface area contributed by atoms with Gasteiger partial charge in [0.05, 0.1) is 5.69 Å². The summed E-state index contributed by atoms with van der Waals surface area (Å²) in [5, 5.41) is 4.68. The lowest BCUT2D eigenvalue weighted by Crippen LogP contribution is -1.96. The Morgan fingerprint density at radius 2 is 2.00 bits per heavy atom. The number of benzene rings is 1. The minimum absolute atomic E-state index is 0.410. The smallest absolute Gasteiger partial charge is 0.203 e. The molecule has 72 valence electrons. The molecule has 0 spiro atoms. The fourth-order valence-electron chi connectivity index (χ4n) is 1.22. The third-order valence-corrected chi connectivity index (χ3v) is 2.17. The lowest BCUT2D eigenvalue weighted by Gasteiger charge is -1.99. The third kappa shape index (κ3) is 1.63. The molecule has 0 radical (unpaired) electrons. The van der Waals surface area contributed by atoms with Crippen molar-refractivity contribution in [2.75, 3.05) is 0 Å². The molecule has 0 saturated heterocycles. The van der Waals surface area contributed by atoms with Crippen LogP contribution in [-0.2, 0) is 6.42 Å². The van der Waals surface area contributed by atoms with Gasteiger partial charge in [0.15, 0.2) is 5.82 Å². The number of hydrogen-bond acceptors (Lipinski definition) is 2. The van der Waals surface area contributed by atoms with Crippen LogP contribution in [0.3, 0.4) is 0 Å². The van der Waals surface area contributed by atoms with Gasteiger partial charge in [0.2, 0.25) is 5.28 Å². The molecule has 1 aromatic heterocycles. The van der Waals surface area contributed by atoms with Gasteiger partial charge in [-0.1, -0.05) is 25.1 Å². The maximum atomic E-state index is 5.95. The fraction of sp³-hybridized carbons (Fsp3) is 0.200. The van der Waals surface area contributed by atoms with Crippen molar-refractivity contribution in [2.24, 2.45) is 0 Å². The Hall–Kier alpha value is -1.35. The Labute approximate surface area is 87.3 Å². The normalized spacial score (nSPS) is 10.4. The minimum atomic E-state index is 0.410. The number of aryl methyl sites for hydroxylation is 1. The van der Waals surface area contributed by atoms with Gasteiger partial charge in [-0.05, 0) is 23.7 Å². The standard InChI is InChI=1S/C10H10ClN3/c1-2-9-12-10(11)14(13-9)8-6-4-3-5-7-8/h3-7H,2H2,1H3. The predicted octanol–water partition coefficient (Wildman–Crippen LogP) is 2.48. The molecule has 0 fully saturated rings. The Morgan fingerprint density at radius 3 is 2.57 bits per heavy atom. The summed E-state index contributed by atoms with van der Waals surface area (Å²) < 4.78 is 1.64. The monoisotopic (exact) mass is 207 g/mol. The molecule has 4 heteroatoms. The number of halogens is 1. The van der Waals surface area contributed by atoms with Crippen LogP contribution in [0.5, 0.6) is 0 Å². The molecule has 0 amide bonds. The van der Waals surface area contributed by atoms with E-state index in [2.05, 4.69) is 10.1 Å². The van der Waals surface area contributed by atoms with Crippen LogP contribution < -0.4 is 0 Å². The molecule has 1 heterocycles. The van der Waals surface area contributed by atoms with Crippen LogP contribution in [0, 0.1) is 0 Å². The van der Waals surface area contributed by atoms with Crippen LogP contribution in [0.15, 0.2) is 30.3 Å². The van der Waals surface area contributed by atoms with Crippen molar-refractivity contribution in [1.82, 2.24) is 14.8 Å². The number of hydrogen-bond donors (Lipinski definition) is 0. The van der Waals surface area contributed by atoms with E-state index in [1.165, 1.54) is 0 Å². The van der Waals surface area contributed by atoms with E-state index in [-0.39, 0.29) is 0 Å². The fourth-order valence-corrected chi connectivity index (χ4v) is 1.45. The van der Waals surface area contributed by atoms with Crippen LogP contribution >= 0.6 is 11.6 Å². The maximum absolute atomic E-state index is 5.95. The summed E-state index contributed by atoms with van der Waals surface area (Å²) in [5.74, 6) is 0.763. The van der Waals surface area contributed by atoms with Crippen molar-refractivity contribution in [3.8, 4) is 5.69 Å². The lowest BCUT2D eigenvalue weighted by atomic mass is 10.3. The summed E-state index contributed by atoms with van der Waals surface area (Å²) in [6.45, 7) is 2.00. The highest BCUT2D eigenvalue weighted by Gasteiger charge is 2.06. The van der Waals surface area contributed by atoms with Crippen LogP contribution in [0.1, 0.15) is 12.7 Å². The van der Waals surface area contributed by atoms with Crippen molar-refractivity contribution >= 4 is 11.6 Å². The van der Waals surface area contributed by atoms with Gasteiger partial charge in [-0.2, -0.15) is 0 Å². The first-order valence-corrected chi connectivity index (χ1v) is 4.86. The molecule has 0 unspecified atom stereocenters. The van der Waals surface area contributed by atoms with Crippen LogP contribution in [0.25, 0.3) is 5.69 Å². The summed E-state index contributed by atoms with van der Waals surface area (Å²) >= 11 is 5.95. The highest BCUT2D eigenvalue weighted by molar-refractivity contribution is 6.28. The van der Waals surface area contributed by atoms with Crippen molar-refractivity contribution in [1.29, 1.82) is 0 Å². The molecular weight excluding hydrogens is 198 g/mol. The number of rotatable bonds is 2. The van der Waals surface area contributed by atoms with Gasteiger partial charge in [0, 0.05) is 6.42 Å². The minimum Gasteiger partial charge on any atom is -0.203 e. The van der Waals surface area contributed by atoms with Gasteiger partial charge in [0.25, 0.3) is 0 Å². The molecular formula is C10H10ClN3. The van der Waals surface area contributed by atoms with E-state index in [9.17, 15) is 0 Å². The van der Waals surface area contributed by atoms with Crippen LogP contribution in [0.4, 0.5) is 0 Å². The van der Waals surface area contributed by atoms with Crippen molar-refractivity contribution in [3.05, 3.63) is 41.4 Å². The van der Waals surface area contributed by atoms with E-state index < -0.39 is 0 Å². The largest absolute Gasteiger partial charge is 0.225 e. The molecule has 0 saturated carbocycles. The quantitative estimate of drug-likeness (QED) is 0.758. The molecule has 3 nitrogen and oxygen atoms in total. The van der Waals surface area contributed by atoms with Gasteiger partial charge in [0.1, 0.15) is 0 Å². The summed E-state index contributed by atoms with van der Waals surface area (Å²) in [4.78, 5) is 4.12. The first-order valence-electron chi connectivity index (χ1n) is 4.48. The predicted molar refractivity (Wildman–Crippen MR) is 55.7 cm³/mol. The molecule has 0 aliphatic carbocycles. The third-order valence-electron chi connectivity index (χ3n) is 1.93. The van der Waals surface area contributed by atoms with E-state index in [4.69, 9.17) is 11.6 Å². The van der Waals surface area contributed by atoms with Gasteiger partial charge in [-0.15, -0.1) is 5.10 Å². The summed E-state index contributed by atoms with van der Waals surface area (Å²) in [7, 11) is 0. The molecule has 2 aromatic rings. The van der Waals surface area contributed by atoms with E-state index in [0.29, 0.717) is 5.28 Å². The van der Waals surface area contributed by atoms with E-state index in [1.807, 2.05) is 37.3 Å². The number of nitrogens with zero attached hydrogens (tertiary/aromatic N) is 3. The lowest BCUT2D eigenvalue weighted by molar-refractivity contribution is 0.840. The Bertz CT molecular complexity index is 422. The molecule has 0 bridgehead atoms. The topological polar surface area (TPSA) is 30.7 Å². The Kier molecular flexibility index (Phi) is 2.50. The molecule has 0 aliphatic rings. The van der Waals surface area contributed by atoms with E-state index >= 15 is 0 Å². The highest BCUT2D eigenvalue weighted by Crippen LogP contribution is 2.13. The van der Waals surface area contributed by atoms with Crippen molar-refractivity contribution in [3.63, 3.8) is 0 Å². The van der Waals surface area contributed by atoms with E-state index in [1.54, 1.807) is 4.68 Å². The Balaban J connectivity index is 2.46. The molecule has 2 rings (SSSR count). The van der Waals surface area contributed by atoms with Crippen molar-refractivity contribution < 1.29 is 0 Å². The van der Waals surface area contributed by atoms with Gasteiger partial charge in [-0.3, -0.25) is 0 Å². The zero-order valence-corrected chi connectivity index (χ0v) is 8.57. The number of aromatic nitrogens is 3. The summed E-state index contributed by atoms with van der Waals surface area (Å²) in [5.41, 5.74) is 0.935. The van der Waals surface area contributed by atoms with Gasteiger partial charge >= 0.3 is 0 Å². The second-order valence-electron chi connectivity index (χ2n) is 2.90. The first kappa shape index (κ1) is 9.21. The zero-order valence-electron chi connectivity index (χ0n) is 7.81. The van der Waals surface area contributed by atoms with Crippen LogP contribution in [0.2, 0.25) is 5.28 Å². The molecule has 1 aromatic carbocycles. The van der Waals surface area contributed by atoms with Gasteiger partial charge in [-0.25, -0.2) is 9.67 Å². The molecule has 0 atom stereocenters. The summed E-state index contributed by atoms with van der Waals surface area (Å²) in [6, 6.07) is 9.73. The second-order valence-corrected chi connectivity index (χ2v) is 3.24. The number of para-hydroxylation sites is 1. The molecule has 0 N–H and O–H groups in total. The second kappa shape index (κ2) is 3.80. The highest BCUT2D eigenvalue weighted by atomic mass is 35.5. The molecule has 14 heavy (non-hydrogen) atoms. The zero-order chi connectivity index (χ0) is 9.97. The average Bonchev–Trinajstić information content (AvgIpc) is 2.61. The van der Waals surface area contributed by atoms with Crippen LogP contribution in [-0.4, -0.2) is 14.8 Å². The summed E-state index contributed by atoms with van der Waals surface area (Å²) in [6.07, 6.45) is 0.791. The SMILES string of the molecule is CCc1nc(Cl)n(-c2ccccc2)n1. The maximum Gasteiger partial charge on any atom is 0.225 e. The first-order chi connectivity index (χ1) is 6.81. The van der Waals surface area contributed by atoms with E-state index in [0.717, 1.165) is 17.9 Å². The van der Waals surface area contributed by atoms with Crippen molar-refractivity contribution in [2.45, 2.75) is 13.3 Å². The van der Waals surface area contributed by atoms with Gasteiger partial charge < -0.3 is 0 Å². The Morgan fingerprint density at radius 1 is 1.29 bits per heavy atom.